The van der Waals surface area contributed by atoms with Gasteiger partial charge in [-0.15, -0.1) is 0 Å². The van der Waals surface area contributed by atoms with E-state index in [1.807, 2.05) is 68.5 Å². The summed E-state index contributed by atoms with van der Waals surface area (Å²) >= 11 is 0. The predicted octanol–water partition coefficient (Wildman–Crippen LogP) is 4.67. The molecule has 0 saturated heterocycles. The van der Waals surface area contributed by atoms with Gasteiger partial charge in [0.05, 0.1) is 12.8 Å². The van der Waals surface area contributed by atoms with E-state index in [9.17, 15) is 4.79 Å². The summed E-state index contributed by atoms with van der Waals surface area (Å²) in [5.74, 6) is 6.77. The normalized spacial score (nSPS) is 14.8. The summed E-state index contributed by atoms with van der Waals surface area (Å²) in [6.45, 7) is 3.92. The van der Waals surface area contributed by atoms with E-state index in [1.54, 1.807) is 4.68 Å². The third kappa shape index (κ3) is 4.61. The Bertz CT molecular complexity index is 938. The molecule has 4 nitrogen and oxygen atoms in total. The van der Waals surface area contributed by atoms with Gasteiger partial charge >= 0.3 is 5.97 Å². The second-order valence-corrected chi connectivity index (χ2v) is 6.86. The lowest BCUT2D eigenvalue weighted by atomic mass is 10.1. The molecular weight excluding hydrogens is 348 g/mol. The van der Waals surface area contributed by atoms with E-state index in [2.05, 4.69) is 11.8 Å². The van der Waals surface area contributed by atoms with Crippen molar-refractivity contribution in [1.29, 1.82) is 0 Å². The van der Waals surface area contributed by atoms with Crippen molar-refractivity contribution in [2.45, 2.75) is 39.2 Å². The smallest absolute Gasteiger partial charge is 0.331 e. The molecule has 3 rings (SSSR count). The van der Waals surface area contributed by atoms with Crippen LogP contribution in [0.2, 0.25) is 0 Å². The maximum Gasteiger partial charge on any atom is 0.331 e. The van der Waals surface area contributed by atoms with Crippen LogP contribution in [0.4, 0.5) is 0 Å². The number of rotatable bonds is 6. The Hall–Kier alpha value is -3.06. The van der Waals surface area contributed by atoms with Crippen LogP contribution in [0.3, 0.4) is 0 Å². The molecule has 2 aromatic rings. The minimum absolute atomic E-state index is 0.320. The second-order valence-electron chi connectivity index (χ2n) is 6.86. The Morgan fingerprint density at radius 3 is 2.57 bits per heavy atom. The zero-order valence-electron chi connectivity index (χ0n) is 16.7. The fourth-order valence-electron chi connectivity index (χ4n) is 3.07. The van der Waals surface area contributed by atoms with Crippen molar-refractivity contribution in [2.75, 3.05) is 7.11 Å². The van der Waals surface area contributed by atoms with E-state index in [4.69, 9.17) is 9.84 Å². The van der Waals surface area contributed by atoms with Crippen LogP contribution in [-0.4, -0.2) is 22.9 Å². The van der Waals surface area contributed by atoms with E-state index in [0.717, 1.165) is 35.4 Å². The van der Waals surface area contributed by atoms with Crippen LogP contribution in [0.5, 0.6) is 0 Å². The molecule has 0 N–H and O–H groups in total. The number of nitrogens with zero attached hydrogens (tertiary/aromatic N) is 2. The Balaban J connectivity index is 2.13. The highest BCUT2D eigenvalue weighted by Crippen LogP contribution is 2.29. The molecule has 1 saturated carbocycles. The highest BCUT2D eigenvalue weighted by molar-refractivity contribution is 5.76. The van der Waals surface area contributed by atoms with Gasteiger partial charge in [-0.1, -0.05) is 54.5 Å². The number of hydrogen-bond acceptors (Lipinski definition) is 3. The monoisotopic (exact) mass is 374 g/mol. The topological polar surface area (TPSA) is 44.1 Å². The SMILES string of the molecule is C/C=C\c1nn(C(Cc2ccccc2)C(=O)OC)c(C#CC2CC2)c1/C=C\C. The average Bonchev–Trinajstić information content (AvgIpc) is 3.49. The summed E-state index contributed by atoms with van der Waals surface area (Å²) in [6.07, 6.45) is 10.7. The molecule has 1 aromatic heterocycles. The number of methoxy groups -OCH3 is 1. The van der Waals surface area contributed by atoms with Crippen molar-refractivity contribution in [1.82, 2.24) is 9.78 Å². The predicted molar refractivity (Wildman–Crippen MR) is 112 cm³/mol. The average molecular weight is 374 g/mol. The van der Waals surface area contributed by atoms with Gasteiger partial charge in [0.2, 0.25) is 0 Å². The van der Waals surface area contributed by atoms with Gasteiger partial charge in [0.1, 0.15) is 5.69 Å². The highest BCUT2D eigenvalue weighted by Gasteiger charge is 2.28. The van der Waals surface area contributed by atoms with Crippen LogP contribution < -0.4 is 0 Å². The number of hydrogen-bond donors (Lipinski definition) is 0. The fraction of sp³-hybridized carbons (Fsp3) is 0.333. The lowest BCUT2D eigenvalue weighted by Crippen LogP contribution is -2.25. The summed E-state index contributed by atoms with van der Waals surface area (Å²) in [7, 11) is 1.42. The van der Waals surface area contributed by atoms with Crippen molar-refractivity contribution in [3.8, 4) is 11.8 Å². The first-order valence-corrected chi connectivity index (χ1v) is 9.69. The first-order chi connectivity index (χ1) is 13.7. The van der Waals surface area contributed by atoms with E-state index < -0.39 is 6.04 Å². The number of aromatic nitrogens is 2. The zero-order chi connectivity index (χ0) is 19.9. The summed E-state index contributed by atoms with van der Waals surface area (Å²) < 4.78 is 6.87. The number of allylic oxidation sites excluding steroid dienone is 2. The fourth-order valence-corrected chi connectivity index (χ4v) is 3.07. The van der Waals surface area contributed by atoms with Crippen molar-refractivity contribution in [3.05, 3.63) is 65.0 Å². The maximum absolute atomic E-state index is 12.7. The van der Waals surface area contributed by atoms with E-state index in [0.29, 0.717) is 12.3 Å². The number of esters is 1. The molecule has 1 aliphatic carbocycles. The molecule has 144 valence electrons. The van der Waals surface area contributed by atoms with Crippen LogP contribution in [-0.2, 0) is 16.0 Å². The van der Waals surface area contributed by atoms with Gasteiger partial charge in [-0.25, -0.2) is 9.48 Å². The van der Waals surface area contributed by atoms with Crippen molar-refractivity contribution in [2.24, 2.45) is 5.92 Å². The van der Waals surface area contributed by atoms with Crippen molar-refractivity contribution < 1.29 is 9.53 Å². The third-order valence-electron chi connectivity index (χ3n) is 4.65. The van der Waals surface area contributed by atoms with Gasteiger partial charge in [0.15, 0.2) is 6.04 Å². The first-order valence-electron chi connectivity index (χ1n) is 9.69. The van der Waals surface area contributed by atoms with Gasteiger partial charge in [-0.3, -0.25) is 0 Å². The largest absolute Gasteiger partial charge is 0.467 e. The first kappa shape index (κ1) is 19.7. The number of benzene rings is 1. The lowest BCUT2D eigenvalue weighted by Gasteiger charge is -2.17. The molecule has 1 aliphatic rings. The molecular formula is C24H26N2O2. The third-order valence-corrected chi connectivity index (χ3v) is 4.65. The molecule has 1 atom stereocenters. The van der Waals surface area contributed by atoms with Crippen LogP contribution in [0.1, 0.15) is 55.2 Å². The van der Waals surface area contributed by atoms with Gasteiger partial charge < -0.3 is 4.74 Å². The van der Waals surface area contributed by atoms with Gasteiger partial charge in [-0.05, 0) is 44.2 Å². The van der Waals surface area contributed by atoms with E-state index in [-0.39, 0.29) is 5.97 Å². The van der Waals surface area contributed by atoms with Gasteiger partial charge in [0, 0.05) is 17.9 Å². The highest BCUT2D eigenvalue weighted by atomic mass is 16.5. The Kier molecular flexibility index (Phi) is 6.49. The van der Waals surface area contributed by atoms with Crippen LogP contribution in [0.15, 0.2) is 42.5 Å². The molecule has 0 radical (unpaired) electrons. The van der Waals surface area contributed by atoms with Crippen LogP contribution in [0.25, 0.3) is 12.2 Å². The second kappa shape index (κ2) is 9.23. The molecule has 0 spiro atoms. The van der Waals surface area contributed by atoms with Crippen LogP contribution in [0, 0.1) is 17.8 Å². The molecule has 4 heteroatoms. The standard InChI is InChI=1S/C24H26N2O2/c1-4-9-20-21(10-5-2)25-26(22(20)16-15-18-13-14-18)23(24(27)28-3)17-19-11-7-6-8-12-19/h4-12,18,23H,13-14,17H2,1-3H3/b9-4-,10-5-. The molecule has 1 aromatic carbocycles. The summed E-state index contributed by atoms with van der Waals surface area (Å²) in [4.78, 5) is 12.7. The van der Waals surface area contributed by atoms with E-state index >= 15 is 0 Å². The number of carbonyl (C=O) groups excluding carboxylic acids is 1. The molecule has 1 fully saturated rings. The minimum atomic E-state index is -0.570. The molecule has 0 bridgehead atoms. The summed E-state index contributed by atoms with van der Waals surface area (Å²) in [5, 5.41) is 4.76. The van der Waals surface area contributed by atoms with Gasteiger partial charge in [-0.2, -0.15) is 5.10 Å². The van der Waals surface area contributed by atoms with E-state index in [1.165, 1.54) is 7.11 Å². The zero-order valence-corrected chi connectivity index (χ0v) is 16.7. The summed E-state index contributed by atoms with van der Waals surface area (Å²) in [6, 6.07) is 9.35. The molecule has 1 heterocycles. The minimum Gasteiger partial charge on any atom is -0.467 e. The molecule has 0 amide bonds. The Morgan fingerprint density at radius 2 is 1.96 bits per heavy atom. The van der Waals surface area contributed by atoms with Crippen molar-refractivity contribution in [3.63, 3.8) is 0 Å². The molecule has 1 unspecified atom stereocenters. The Labute approximate surface area is 166 Å². The quantitative estimate of drug-likeness (QED) is 0.545. The molecule has 0 aliphatic heterocycles. The van der Waals surface area contributed by atoms with Crippen molar-refractivity contribution >= 4 is 18.1 Å². The lowest BCUT2D eigenvalue weighted by molar-refractivity contribution is -0.144. The number of ether oxygens (including phenoxy) is 1. The van der Waals surface area contributed by atoms with Gasteiger partial charge in [0.25, 0.3) is 0 Å². The Morgan fingerprint density at radius 1 is 1.25 bits per heavy atom. The number of carbonyl (C=O) groups is 1. The summed E-state index contributed by atoms with van der Waals surface area (Å²) in [5.41, 5.74) is 3.57. The van der Waals surface area contributed by atoms with Crippen LogP contribution >= 0.6 is 0 Å². The molecule has 28 heavy (non-hydrogen) atoms. The maximum atomic E-state index is 12.7.